The van der Waals surface area contributed by atoms with E-state index in [1.807, 2.05) is 20.8 Å². The molecule has 0 fully saturated rings. The third-order valence-corrected chi connectivity index (χ3v) is 1.96. The van der Waals surface area contributed by atoms with Crippen molar-refractivity contribution in [3.63, 3.8) is 0 Å². The van der Waals surface area contributed by atoms with Crippen LogP contribution >= 0.6 is 0 Å². The van der Waals surface area contributed by atoms with Crippen molar-refractivity contribution in [2.75, 3.05) is 0 Å². The molecule has 0 aromatic carbocycles. The lowest BCUT2D eigenvalue weighted by Crippen LogP contribution is -2.47. The lowest BCUT2D eigenvalue weighted by Gasteiger charge is -2.29. The minimum absolute atomic E-state index is 0.145. The first-order valence-corrected chi connectivity index (χ1v) is 3.40. The van der Waals surface area contributed by atoms with Crippen LogP contribution in [0.4, 0.5) is 0 Å². The highest BCUT2D eigenvalue weighted by atomic mass is 14.8. The summed E-state index contributed by atoms with van der Waals surface area (Å²) in [6, 6.07) is 0.185. The van der Waals surface area contributed by atoms with Crippen LogP contribution in [0, 0.1) is 5.92 Å². The van der Waals surface area contributed by atoms with Gasteiger partial charge in [-0.1, -0.05) is 6.92 Å². The molecule has 2 unspecified atom stereocenters. The van der Waals surface area contributed by atoms with E-state index in [4.69, 9.17) is 11.5 Å². The molecule has 0 rings (SSSR count). The summed E-state index contributed by atoms with van der Waals surface area (Å²) in [7, 11) is 0. The topological polar surface area (TPSA) is 52.0 Å². The van der Waals surface area contributed by atoms with Crippen LogP contribution < -0.4 is 11.5 Å². The predicted molar refractivity (Wildman–Crippen MR) is 41.1 cm³/mol. The lowest BCUT2D eigenvalue weighted by atomic mass is 9.85. The largest absolute Gasteiger partial charge is 0.328 e. The maximum atomic E-state index is 5.80. The first-order chi connectivity index (χ1) is 3.85. The second-order valence-corrected chi connectivity index (χ2v) is 3.47. The number of nitrogens with two attached hydrogens (primary N) is 2. The Morgan fingerprint density at radius 3 is 1.56 bits per heavy atom. The maximum Gasteiger partial charge on any atom is 0.0137 e. The molecular weight excluding hydrogens is 112 g/mol. The van der Waals surface area contributed by atoms with Crippen molar-refractivity contribution in [2.45, 2.75) is 39.3 Å². The summed E-state index contributed by atoms with van der Waals surface area (Å²) in [5.41, 5.74) is 11.3. The van der Waals surface area contributed by atoms with E-state index >= 15 is 0 Å². The van der Waals surface area contributed by atoms with Crippen molar-refractivity contribution in [1.82, 2.24) is 0 Å². The Bertz CT molecular complexity index is 81.4. The molecule has 0 aliphatic rings. The van der Waals surface area contributed by atoms with Crippen molar-refractivity contribution in [3.8, 4) is 0 Å². The van der Waals surface area contributed by atoms with Gasteiger partial charge in [-0.05, 0) is 26.7 Å². The molecule has 0 aromatic rings. The summed E-state index contributed by atoms with van der Waals surface area (Å²) in [4.78, 5) is 0. The Morgan fingerprint density at radius 1 is 1.22 bits per heavy atom. The fourth-order valence-corrected chi connectivity index (χ4v) is 0.678. The van der Waals surface area contributed by atoms with Crippen LogP contribution in [-0.2, 0) is 0 Å². The third-order valence-electron chi connectivity index (χ3n) is 1.96. The molecule has 0 saturated heterocycles. The minimum Gasteiger partial charge on any atom is -0.328 e. The van der Waals surface area contributed by atoms with Crippen LogP contribution in [0.25, 0.3) is 0 Å². The predicted octanol–water partition coefficient (Wildman–Crippen LogP) is 0.707. The van der Waals surface area contributed by atoms with Gasteiger partial charge in [0.2, 0.25) is 0 Å². The van der Waals surface area contributed by atoms with Crippen molar-refractivity contribution in [2.24, 2.45) is 17.4 Å². The summed E-state index contributed by atoms with van der Waals surface area (Å²) in [6.07, 6.45) is 0. The SMILES string of the molecule is CC(N)C(C)C(C)(C)N. The molecule has 2 nitrogen and oxygen atoms in total. The molecule has 2 atom stereocenters. The van der Waals surface area contributed by atoms with Gasteiger partial charge in [-0.25, -0.2) is 0 Å². The van der Waals surface area contributed by atoms with Crippen LogP contribution in [0.2, 0.25) is 0 Å². The molecule has 0 spiro atoms. The van der Waals surface area contributed by atoms with Gasteiger partial charge in [0.25, 0.3) is 0 Å². The second-order valence-electron chi connectivity index (χ2n) is 3.47. The molecule has 0 bridgehead atoms. The monoisotopic (exact) mass is 130 g/mol. The molecule has 2 heteroatoms. The van der Waals surface area contributed by atoms with Gasteiger partial charge in [0, 0.05) is 11.6 Å². The zero-order valence-electron chi connectivity index (χ0n) is 6.81. The Morgan fingerprint density at radius 2 is 1.56 bits per heavy atom. The lowest BCUT2D eigenvalue weighted by molar-refractivity contribution is 0.305. The zero-order valence-corrected chi connectivity index (χ0v) is 6.81. The van der Waals surface area contributed by atoms with Crippen LogP contribution in [-0.4, -0.2) is 11.6 Å². The van der Waals surface area contributed by atoms with Gasteiger partial charge in [-0.15, -0.1) is 0 Å². The van der Waals surface area contributed by atoms with Crippen LogP contribution in [0.3, 0.4) is 0 Å². The Kier molecular flexibility index (Phi) is 2.65. The van der Waals surface area contributed by atoms with Gasteiger partial charge in [0.1, 0.15) is 0 Å². The summed E-state index contributed by atoms with van der Waals surface area (Å²) in [6.45, 7) is 8.06. The maximum absolute atomic E-state index is 5.80. The Hall–Kier alpha value is -0.0800. The van der Waals surface area contributed by atoms with Crippen molar-refractivity contribution < 1.29 is 0 Å². The third kappa shape index (κ3) is 2.82. The first kappa shape index (κ1) is 8.92. The van der Waals surface area contributed by atoms with Gasteiger partial charge in [0.05, 0.1) is 0 Å². The fourth-order valence-electron chi connectivity index (χ4n) is 0.678. The molecule has 4 N–H and O–H groups in total. The highest BCUT2D eigenvalue weighted by Crippen LogP contribution is 2.14. The Balaban J connectivity index is 3.88. The fraction of sp³-hybridized carbons (Fsp3) is 1.00. The average Bonchev–Trinajstić information content (AvgIpc) is 1.62. The van der Waals surface area contributed by atoms with E-state index in [2.05, 4.69) is 6.92 Å². The first-order valence-electron chi connectivity index (χ1n) is 3.40. The molecule has 0 aliphatic carbocycles. The number of hydrogen-bond acceptors (Lipinski definition) is 2. The highest BCUT2D eigenvalue weighted by molar-refractivity contribution is 4.83. The number of hydrogen-bond donors (Lipinski definition) is 2. The summed E-state index contributed by atoms with van der Waals surface area (Å²) in [5, 5.41) is 0. The van der Waals surface area contributed by atoms with E-state index in [0.29, 0.717) is 5.92 Å². The minimum atomic E-state index is -0.145. The molecule has 0 aliphatic heterocycles. The van der Waals surface area contributed by atoms with E-state index in [9.17, 15) is 0 Å². The molecule has 0 amide bonds. The van der Waals surface area contributed by atoms with Crippen molar-refractivity contribution in [3.05, 3.63) is 0 Å². The van der Waals surface area contributed by atoms with Gasteiger partial charge < -0.3 is 11.5 Å². The van der Waals surface area contributed by atoms with Gasteiger partial charge in [-0.3, -0.25) is 0 Å². The standard InChI is InChI=1S/C7H18N2/c1-5(6(2)8)7(3,4)9/h5-6H,8-9H2,1-4H3. The quantitative estimate of drug-likeness (QED) is 0.578. The summed E-state index contributed by atoms with van der Waals surface area (Å²) < 4.78 is 0. The molecule has 56 valence electrons. The van der Waals surface area contributed by atoms with Crippen LogP contribution in [0.5, 0.6) is 0 Å². The van der Waals surface area contributed by atoms with E-state index in [1.54, 1.807) is 0 Å². The molecule has 9 heavy (non-hydrogen) atoms. The van der Waals surface area contributed by atoms with E-state index in [-0.39, 0.29) is 11.6 Å². The number of rotatable bonds is 2. The Labute approximate surface area is 57.6 Å². The average molecular weight is 130 g/mol. The van der Waals surface area contributed by atoms with Crippen LogP contribution in [0.1, 0.15) is 27.7 Å². The molecule has 0 heterocycles. The van der Waals surface area contributed by atoms with E-state index < -0.39 is 0 Å². The molecular formula is C7H18N2. The van der Waals surface area contributed by atoms with Crippen LogP contribution in [0.15, 0.2) is 0 Å². The molecule has 0 radical (unpaired) electrons. The zero-order chi connectivity index (χ0) is 7.65. The summed E-state index contributed by atoms with van der Waals surface area (Å²) in [5.74, 6) is 0.373. The van der Waals surface area contributed by atoms with Crippen molar-refractivity contribution >= 4 is 0 Å². The molecule has 0 aromatic heterocycles. The van der Waals surface area contributed by atoms with E-state index in [1.165, 1.54) is 0 Å². The highest BCUT2D eigenvalue weighted by Gasteiger charge is 2.23. The van der Waals surface area contributed by atoms with Crippen molar-refractivity contribution in [1.29, 1.82) is 0 Å². The normalized spacial score (nSPS) is 19.3. The second kappa shape index (κ2) is 2.67. The van der Waals surface area contributed by atoms with Gasteiger partial charge in [-0.2, -0.15) is 0 Å². The van der Waals surface area contributed by atoms with Gasteiger partial charge >= 0.3 is 0 Å². The summed E-state index contributed by atoms with van der Waals surface area (Å²) >= 11 is 0. The van der Waals surface area contributed by atoms with Gasteiger partial charge in [0.15, 0.2) is 0 Å². The smallest absolute Gasteiger partial charge is 0.0137 e. The van der Waals surface area contributed by atoms with E-state index in [0.717, 1.165) is 0 Å². The molecule has 0 saturated carbocycles.